The van der Waals surface area contributed by atoms with Crippen LogP contribution in [0.3, 0.4) is 0 Å². The van der Waals surface area contributed by atoms with Gasteiger partial charge in [-0.05, 0) is 43.5 Å². The van der Waals surface area contributed by atoms with Crippen molar-refractivity contribution in [1.29, 1.82) is 0 Å². The lowest BCUT2D eigenvalue weighted by molar-refractivity contribution is -0.143. The fourth-order valence-electron chi connectivity index (χ4n) is 2.96. The Balaban J connectivity index is 2.20. The normalized spacial score (nSPS) is 12.7. The van der Waals surface area contributed by atoms with Crippen LogP contribution in [0.4, 0.5) is 0 Å². The maximum Gasteiger partial charge on any atom is 0.261 e. The number of nitrogens with one attached hydrogen (secondary N) is 1. The summed E-state index contributed by atoms with van der Waals surface area (Å²) in [6.45, 7) is 5.98. The predicted molar refractivity (Wildman–Crippen MR) is 124 cm³/mol. The van der Waals surface area contributed by atoms with Crippen molar-refractivity contribution in [3.63, 3.8) is 0 Å². The Bertz CT molecular complexity index is 848. The average Bonchev–Trinajstić information content (AvgIpc) is 2.73. The molecule has 0 saturated heterocycles. The molecule has 0 aliphatic carbocycles. The summed E-state index contributed by atoms with van der Waals surface area (Å²) in [5, 5.41) is 3.40. The molecular formula is C23H28BrClN2O3. The summed E-state index contributed by atoms with van der Waals surface area (Å²) in [5.74, 6) is -0.00761. The SMILES string of the molecule is CC[C@H](C)NC(=O)[C@H](CC)N(Cc1ccccc1)C(=O)COc1ccc(Br)cc1Cl. The van der Waals surface area contributed by atoms with Gasteiger partial charge in [0, 0.05) is 17.1 Å². The molecule has 5 nitrogen and oxygen atoms in total. The molecule has 0 heterocycles. The van der Waals surface area contributed by atoms with Gasteiger partial charge in [0.15, 0.2) is 6.61 Å². The number of hydrogen-bond acceptors (Lipinski definition) is 3. The Morgan fingerprint density at radius 2 is 1.83 bits per heavy atom. The number of nitrogens with zero attached hydrogens (tertiary/aromatic N) is 1. The Labute approximate surface area is 191 Å². The smallest absolute Gasteiger partial charge is 0.261 e. The lowest BCUT2D eigenvalue weighted by Crippen LogP contribution is -2.51. The van der Waals surface area contributed by atoms with Crippen molar-refractivity contribution >= 4 is 39.3 Å². The molecule has 7 heteroatoms. The lowest BCUT2D eigenvalue weighted by Gasteiger charge is -2.31. The first-order chi connectivity index (χ1) is 14.3. The lowest BCUT2D eigenvalue weighted by atomic mass is 10.1. The van der Waals surface area contributed by atoms with Crippen molar-refractivity contribution in [2.24, 2.45) is 0 Å². The minimum absolute atomic E-state index is 0.0399. The van der Waals surface area contributed by atoms with E-state index in [1.165, 1.54) is 0 Å². The maximum absolute atomic E-state index is 13.1. The number of carbonyl (C=O) groups is 2. The molecule has 162 valence electrons. The van der Waals surface area contributed by atoms with Crippen LogP contribution in [-0.2, 0) is 16.1 Å². The van der Waals surface area contributed by atoms with E-state index in [1.807, 2.05) is 51.1 Å². The molecule has 2 amide bonds. The van der Waals surface area contributed by atoms with Crippen LogP contribution >= 0.6 is 27.5 Å². The number of hydrogen-bond donors (Lipinski definition) is 1. The van der Waals surface area contributed by atoms with Crippen LogP contribution in [0.2, 0.25) is 5.02 Å². The first-order valence-corrected chi connectivity index (χ1v) is 11.2. The van der Waals surface area contributed by atoms with Crippen LogP contribution in [0.25, 0.3) is 0 Å². The van der Waals surface area contributed by atoms with E-state index in [4.69, 9.17) is 16.3 Å². The van der Waals surface area contributed by atoms with E-state index >= 15 is 0 Å². The highest BCUT2D eigenvalue weighted by Crippen LogP contribution is 2.27. The van der Waals surface area contributed by atoms with Crippen LogP contribution < -0.4 is 10.1 Å². The van der Waals surface area contributed by atoms with Gasteiger partial charge in [0.25, 0.3) is 5.91 Å². The molecule has 2 rings (SSSR count). The third-order valence-electron chi connectivity index (χ3n) is 4.83. The van der Waals surface area contributed by atoms with E-state index in [9.17, 15) is 9.59 Å². The van der Waals surface area contributed by atoms with E-state index in [-0.39, 0.29) is 24.5 Å². The van der Waals surface area contributed by atoms with Crippen molar-refractivity contribution in [2.75, 3.05) is 6.61 Å². The van der Waals surface area contributed by atoms with Crippen molar-refractivity contribution < 1.29 is 14.3 Å². The number of amides is 2. The summed E-state index contributed by atoms with van der Waals surface area (Å²) in [7, 11) is 0. The zero-order valence-corrected chi connectivity index (χ0v) is 19.9. The number of halogens is 2. The van der Waals surface area contributed by atoms with Crippen molar-refractivity contribution in [1.82, 2.24) is 10.2 Å². The van der Waals surface area contributed by atoms with Crippen LogP contribution in [0.5, 0.6) is 5.75 Å². The second kappa shape index (κ2) is 12.0. The van der Waals surface area contributed by atoms with E-state index in [1.54, 1.807) is 23.1 Å². The van der Waals surface area contributed by atoms with Gasteiger partial charge in [0.2, 0.25) is 5.91 Å². The monoisotopic (exact) mass is 494 g/mol. The first kappa shape index (κ1) is 24.2. The molecule has 0 bridgehead atoms. The second-order valence-electron chi connectivity index (χ2n) is 7.11. The number of rotatable bonds is 10. The minimum atomic E-state index is -0.587. The number of carbonyl (C=O) groups excluding carboxylic acids is 2. The first-order valence-electron chi connectivity index (χ1n) is 10.1. The minimum Gasteiger partial charge on any atom is -0.482 e. The third kappa shape index (κ3) is 7.03. The van der Waals surface area contributed by atoms with Gasteiger partial charge in [0.05, 0.1) is 5.02 Å². The molecule has 0 saturated carbocycles. The van der Waals surface area contributed by atoms with E-state index in [2.05, 4.69) is 21.2 Å². The Hall–Kier alpha value is -2.05. The van der Waals surface area contributed by atoms with Gasteiger partial charge in [-0.3, -0.25) is 9.59 Å². The van der Waals surface area contributed by atoms with Crippen LogP contribution in [0, 0.1) is 0 Å². The van der Waals surface area contributed by atoms with Crippen molar-refractivity contribution in [3.05, 3.63) is 63.6 Å². The van der Waals surface area contributed by atoms with E-state index in [0.717, 1.165) is 16.5 Å². The van der Waals surface area contributed by atoms with E-state index < -0.39 is 6.04 Å². The fraction of sp³-hybridized carbons (Fsp3) is 0.391. The van der Waals surface area contributed by atoms with Gasteiger partial charge < -0.3 is 15.0 Å². The molecule has 30 heavy (non-hydrogen) atoms. The molecule has 0 fully saturated rings. The number of benzene rings is 2. The molecule has 0 unspecified atom stereocenters. The largest absolute Gasteiger partial charge is 0.482 e. The van der Waals surface area contributed by atoms with Crippen LogP contribution in [0.15, 0.2) is 53.0 Å². The molecular weight excluding hydrogens is 468 g/mol. The fourth-order valence-corrected chi connectivity index (χ4v) is 3.68. The molecule has 0 aromatic heterocycles. The van der Waals surface area contributed by atoms with Gasteiger partial charge in [-0.15, -0.1) is 0 Å². The Morgan fingerprint density at radius 1 is 1.13 bits per heavy atom. The third-order valence-corrected chi connectivity index (χ3v) is 5.62. The van der Waals surface area contributed by atoms with Crippen molar-refractivity contribution in [3.8, 4) is 5.75 Å². The molecule has 2 atom stereocenters. The molecule has 0 radical (unpaired) electrons. The number of ether oxygens (including phenoxy) is 1. The highest BCUT2D eigenvalue weighted by molar-refractivity contribution is 9.10. The van der Waals surface area contributed by atoms with Gasteiger partial charge >= 0.3 is 0 Å². The van der Waals surface area contributed by atoms with Gasteiger partial charge in [-0.2, -0.15) is 0 Å². The van der Waals surface area contributed by atoms with Gasteiger partial charge in [-0.25, -0.2) is 0 Å². The van der Waals surface area contributed by atoms with Gasteiger partial charge in [0.1, 0.15) is 11.8 Å². The van der Waals surface area contributed by atoms with Crippen LogP contribution in [0.1, 0.15) is 39.2 Å². The standard InChI is InChI=1S/C23H28BrClN2O3/c1-4-16(3)26-23(29)20(5-2)27(14-17-9-7-6-8-10-17)22(28)15-30-21-12-11-18(24)13-19(21)25/h6-13,16,20H,4-5,14-15H2,1-3H3,(H,26,29)/t16-,20-/m0/s1. The van der Waals surface area contributed by atoms with Crippen LogP contribution in [-0.4, -0.2) is 35.4 Å². The van der Waals surface area contributed by atoms with Gasteiger partial charge in [-0.1, -0.05) is 71.7 Å². The summed E-state index contributed by atoms with van der Waals surface area (Å²) >= 11 is 9.54. The summed E-state index contributed by atoms with van der Waals surface area (Å²) in [6, 6.07) is 14.3. The Kier molecular flexibility index (Phi) is 9.66. The second-order valence-corrected chi connectivity index (χ2v) is 8.44. The average molecular weight is 496 g/mol. The summed E-state index contributed by atoms with van der Waals surface area (Å²) < 4.78 is 6.50. The quantitative estimate of drug-likeness (QED) is 0.493. The summed E-state index contributed by atoms with van der Waals surface area (Å²) in [5.41, 5.74) is 0.947. The topological polar surface area (TPSA) is 58.6 Å². The molecule has 2 aromatic carbocycles. The summed E-state index contributed by atoms with van der Waals surface area (Å²) in [6.07, 6.45) is 1.32. The molecule has 0 aliphatic heterocycles. The molecule has 0 spiro atoms. The molecule has 0 aliphatic rings. The molecule has 1 N–H and O–H groups in total. The molecule has 2 aromatic rings. The maximum atomic E-state index is 13.1. The van der Waals surface area contributed by atoms with E-state index in [0.29, 0.717) is 23.7 Å². The highest BCUT2D eigenvalue weighted by Gasteiger charge is 2.29. The highest BCUT2D eigenvalue weighted by atomic mass is 79.9. The Morgan fingerprint density at radius 3 is 2.43 bits per heavy atom. The zero-order chi connectivity index (χ0) is 22.1. The summed E-state index contributed by atoms with van der Waals surface area (Å²) in [4.78, 5) is 27.6. The van der Waals surface area contributed by atoms with Crippen molar-refractivity contribution in [2.45, 2.75) is 52.2 Å². The predicted octanol–water partition coefficient (Wildman–Crippen LogP) is 5.20. The zero-order valence-electron chi connectivity index (χ0n) is 17.5.